The van der Waals surface area contributed by atoms with Gasteiger partial charge in [-0.2, -0.15) is 0 Å². The van der Waals surface area contributed by atoms with Gasteiger partial charge in [-0.15, -0.1) is 0 Å². The van der Waals surface area contributed by atoms with Crippen LogP contribution in [0.2, 0.25) is 0 Å². The van der Waals surface area contributed by atoms with E-state index in [1.165, 1.54) is 6.08 Å². The van der Waals surface area contributed by atoms with Crippen molar-refractivity contribution in [3.63, 3.8) is 0 Å². The van der Waals surface area contributed by atoms with Crippen LogP contribution >= 0.6 is 0 Å². The zero-order valence-electron chi connectivity index (χ0n) is 3.27. The molecule has 0 fully saturated rings. The highest BCUT2D eigenvalue weighted by atomic mass is 16.1. The van der Waals surface area contributed by atoms with Crippen LogP contribution in [0.5, 0.6) is 0 Å². The zero-order chi connectivity index (χ0) is 4.83. The second-order valence-corrected chi connectivity index (χ2v) is 0.762. The van der Waals surface area contributed by atoms with E-state index in [1.807, 2.05) is 0 Å². The van der Waals surface area contributed by atoms with Crippen LogP contribution in [0.15, 0.2) is 6.08 Å². The molecular formula is C4H5NO. The predicted octanol–water partition coefficient (Wildman–Crippen LogP) is 0.414. The van der Waals surface area contributed by atoms with Crippen molar-refractivity contribution in [1.29, 1.82) is 5.41 Å². The van der Waals surface area contributed by atoms with Crippen LogP contribution in [-0.4, -0.2) is 12.2 Å². The van der Waals surface area contributed by atoms with Gasteiger partial charge in [-0.3, -0.25) is 0 Å². The minimum absolute atomic E-state index is 0.406. The van der Waals surface area contributed by atoms with E-state index in [-0.39, 0.29) is 0 Å². The maximum atomic E-state index is 9.28. The average molecular weight is 83.1 g/mol. The molecular weight excluding hydrogens is 78.0 g/mol. The SMILES string of the molecule is N=CCC=C=O. The van der Waals surface area contributed by atoms with Crippen molar-refractivity contribution < 1.29 is 4.79 Å². The third-order valence-corrected chi connectivity index (χ3v) is 0.319. The fourth-order valence-electron chi connectivity index (χ4n) is 0.107. The fraction of sp³-hybridized carbons (Fsp3) is 0.250. The molecule has 0 aliphatic carbocycles. The molecule has 6 heavy (non-hydrogen) atoms. The molecule has 0 rings (SSSR count). The molecule has 0 atom stereocenters. The highest BCUT2D eigenvalue weighted by molar-refractivity contribution is 5.60. The summed E-state index contributed by atoms with van der Waals surface area (Å²) in [7, 11) is 0. The molecule has 0 bridgehead atoms. The minimum atomic E-state index is 0.406. The number of allylic oxidation sites excluding steroid dienone is 1. The summed E-state index contributed by atoms with van der Waals surface area (Å²) >= 11 is 0. The Hall–Kier alpha value is -0.880. The van der Waals surface area contributed by atoms with E-state index in [1.54, 1.807) is 5.94 Å². The van der Waals surface area contributed by atoms with E-state index in [0.29, 0.717) is 6.42 Å². The summed E-state index contributed by atoms with van der Waals surface area (Å²) in [5.74, 6) is 1.54. The predicted molar refractivity (Wildman–Crippen MR) is 23.7 cm³/mol. The molecule has 1 N–H and O–H groups in total. The molecule has 0 spiro atoms. The molecule has 0 aliphatic rings. The van der Waals surface area contributed by atoms with Crippen molar-refractivity contribution in [2.75, 3.05) is 0 Å². The van der Waals surface area contributed by atoms with Crippen LogP contribution in [-0.2, 0) is 4.79 Å². The maximum Gasteiger partial charge on any atom is 0.120 e. The van der Waals surface area contributed by atoms with Gasteiger partial charge in [0.15, 0.2) is 0 Å². The standard InChI is InChI=1S/C4H5NO/c5-3-1-2-4-6/h2-3,5H,1H2. The smallest absolute Gasteiger partial charge is 0.120 e. The van der Waals surface area contributed by atoms with Crippen LogP contribution < -0.4 is 0 Å². The normalized spacial score (nSPS) is 6.00. The molecule has 0 unspecified atom stereocenters. The minimum Gasteiger partial charge on any atom is -0.313 e. The monoisotopic (exact) mass is 83.0 g/mol. The second-order valence-electron chi connectivity index (χ2n) is 0.762. The van der Waals surface area contributed by atoms with Gasteiger partial charge < -0.3 is 5.41 Å². The largest absolute Gasteiger partial charge is 0.313 e. The highest BCUT2D eigenvalue weighted by Gasteiger charge is 1.60. The first-order valence-electron chi connectivity index (χ1n) is 1.60. The van der Waals surface area contributed by atoms with E-state index >= 15 is 0 Å². The van der Waals surface area contributed by atoms with Crippen molar-refractivity contribution in [2.24, 2.45) is 0 Å². The van der Waals surface area contributed by atoms with E-state index in [2.05, 4.69) is 0 Å². The van der Waals surface area contributed by atoms with Crippen molar-refractivity contribution in [1.82, 2.24) is 0 Å². The topological polar surface area (TPSA) is 40.9 Å². The van der Waals surface area contributed by atoms with E-state index in [0.717, 1.165) is 6.21 Å². The number of rotatable bonds is 2. The van der Waals surface area contributed by atoms with Crippen LogP contribution in [0.4, 0.5) is 0 Å². The maximum absolute atomic E-state index is 9.28. The summed E-state index contributed by atoms with van der Waals surface area (Å²) in [5.41, 5.74) is 0. The molecule has 0 aliphatic heterocycles. The molecule has 0 aromatic carbocycles. The van der Waals surface area contributed by atoms with Gasteiger partial charge in [0.25, 0.3) is 0 Å². The zero-order valence-corrected chi connectivity index (χ0v) is 3.27. The first-order chi connectivity index (χ1) is 2.91. The lowest BCUT2D eigenvalue weighted by atomic mass is 10.5. The summed E-state index contributed by atoms with van der Waals surface area (Å²) in [6, 6.07) is 0. The Morgan fingerprint density at radius 3 is 2.67 bits per heavy atom. The Labute approximate surface area is 36.0 Å². The Balaban J connectivity index is 3.07. The lowest BCUT2D eigenvalue weighted by Crippen LogP contribution is -1.61. The van der Waals surface area contributed by atoms with E-state index in [9.17, 15) is 4.79 Å². The number of hydrogen-bond acceptors (Lipinski definition) is 2. The average Bonchev–Trinajstić information content (AvgIpc) is 1.61. The molecule has 0 saturated heterocycles. The third kappa shape index (κ3) is 3.12. The highest BCUT2D eigenvalue weighted by Crippen LogP contribution is 1.63. The molecule has 2 heteroatoms. The molecule has 32 valence electrons. The molecule has 0 amide bonds. The van der Waals surface area contributed by atoms with Gasteiger partial charge in [-0.05, 0) is 6.21 Å². The number of nitrogens with one attached hydrogen (secondary N) is 1. The van der Waals surface area contributed by atoms with Gasteiger partial charge in [0.05, 0.1) is 0 Å². The second kappa shape index (κ2) is 4.12. The lowest BCUT2D eigenvalue weighted by molar-refractivity contribution is 0.568. The fourth-order valence-corrected chi connectivity index (χ4v) is 0.107. The first-order valence-corrected chi connectivity index (χ1v) is 1.60. The quantitative estimate of drug-likeness (QED) is 0.381. The van der Waals surface area contributed by atoms with Crippen molar-refractivity contribution >= 4 is 12.2 Å². The van der Waals surface area contributed by atoms with Crippen LogP contribution in [0.3, 0.4) is 0 Å². The summed E-state index contributed by atoms with van der Waals surface area (Å²) in [6.07, 6.45) is 2.81. The lowest BCUT2D eigenvalue weighted by Gasteiger charge is -1.61. The van der Waals surface area contributed by atoms with Gasteiger partial charge in [0.2, 0.25) is 0 Å². The van der Waals surface area contributed by atoms with E-state index < -0.39 is 0 Å². The Kier molecular flexibility index (Phi) is 3.52. The van der Waals surface area contributed by atoms with Gasteiger partial charge in [0.1, 0.15) is 5.94 Å². The summed E-state index contributed by atoms with van der Waals surface area (Å²) in [6.45, 7) is 0. The van der Waals surface area contributed by atoms with Crippen molar-refractivity contribution in [3.8, 4) is 0 Å². The van der Waals surface area contributed by atoms with E-state index in [4.69, 9.17) is 5.41 Å². The van der Waals surface area contributed by atoms with Gasteiger partial charge in [-0.25, -0.2) is 4.79 Å². The molecule has 0 aromatic rings. The third-order valence-electron chi connectivity index (χ3n) is 0.319. The Morgan fingerprint density at radius 2 is 2.50 bits per heavy atom. The molecule has 2 nitrogen and oxygen atoms in total. The molecule has 0 saturated carbocycles. The van der Waals surface area contributed by atoms with Gasteiger partial charge in [-0.1, -0.05) is 0 Å². The number of hydrogen-bond donors (Lipinski definition) is 1. The van der Waals surface area contributed by atoms with Crippen molar-refractivity contribution in [3.05, 3.63) is 6.08 Å². The molecule has 0 aromatic heterocycles. The Bertz CT molecular complexity index is 81.5. The van der Waals surface area contributed by atoms with Crippen molar-refractivity contribution in [2.45, 2.75) is 6.42 Å². The van der Waals surface area contributed by atoms with Crippen LogP contribution in [0.25, 0.3) is 0 Å². The summed E-state index contributed by atoms with van der Waals surface area (Å²) < 4.78 is 0. The Morgan fingerprint density at radius 1 is 1.83 bits per heavy atom. The summed E-state index contributed by atoms with van der Waals surface area (Å²) in [5, 5.41) is 6.37. The molecule has 0 heterocycles. The first kappa shape index (κ1) is 5.12. The molecule has 0 radical (unpaired) electrons. The van der Waals surface area contributed by atoms with Gasteiger partial charge in [0, 0.05) is 12.5 Å². The summed E-state index contributed by atoms with van der Waals surface area (Å²) in [4.78, 5) is 9.28. The van der Waals surface area contributed by atoms with Crippen LogP contribution in [0, 0.1) is 5.41 Å². The van der Waals surface area contributed by atoms with Gasteiger partial charge >= 0.3 is 0 Å². The number of carbonyl (C=O) groups excluding carboxylic acids is 1. The van der Waals surface area contributed by atoms with Crippen LogP contribution in [0.1, 0.15) is 6.42 Å².